The topological polar surface area (TPSA) is 74.9 Å². The molecule has 0 aliphatic heterocycles. The fraction of sp³-hybridized carbons (Fsp3) is 0.167. The average Bonchev–Trinajstić information content (AvgIpc) is 2.78. The highest BCUT2D eigenvalue weighted by Crippen LogP contribution is 2.35. The molecule has 0 fully saturated rings. The first kappa shape index (κ1) is 16.1. The van der Waals surface area contributed by atoms with Crippen LogP contribution >= 0.6 is 0 Å². The van der Waals surface area contributed by atoms with Crippen molar-refractivity contribution in [1.29, 1.82) is 5.26 Å². The third kappa shape index (κ3) is 2.86. The lowest BCUT2D eigenvalue weighted by Crippen LogP contribution is -2.09. The van der Waals surface area contributed by atoms with Crippen LogP contribution in [0.3, 0.4) is 0 Å². The fourth-order valence-corrected chi connectivity index (χ4v) is 3.47. The molecule has 1 N–H and O–H groups in total. The molecule has 6 heteroatoms. The molecule has 0 unspecified atom stereocenters. The number of hydrogen-bond donors (Lipinski definition) is 1. The SMILES string of the molecule is Cc1c(-c2ccc(C#N)cc2)c2ccc(NS(C)(=O)=O)cc2n1C. The molecule has 3 rings (SSSR count). The van der Waals surface area contributed by atoms with Gasteiger partial charge < -0.3 is 4.57 Å². The van der Waals surface area contributed by atoms with Crippen LogP contribution in [0, 0.1) is 18.3 Å². The molecule has 0 aliphatic carbocycles. The first-order valence-electron chi connectivity index (χ1n) is 7.37. The zero-order valence-electron chi connectivity index (χ0n) is 13.7. The molecule has 0 atom stereocenters. The highest BCUT2D eigenvalue weighted by atomic mass is 32.2. The van der Waals surface area contributed by atoms with Gasteiger partial charge in [-0.2, -0.15) is 5.26 Å². The largest absolute Gasteiger partial charge is 0.347 e. The number of benzene rings is 2. The van der Waals surface area contributed by atoms with E-state index in [2.05, 4.69) is 10.8 Å². The number of nitrogens with zero attached hydrogens (tertiary/aromatic N) is 2. The summed E-state index contributed by atoms with van der Waals surface area (Å²) >= 11 is 0. The van der Waals surface area contributed by atoms with E-state index in [1.807, 2.05) is 42.8 Å². The van der Waals surface area contributed by atoms with Crippen molar-refractivity contribution in [3.05, 3.63) is 53.7 Å². The Balaban J connectivity index is 2.19. The molecule has 0 aliphatic rings. The van der Waals surface area contributed by atoms with Gasteiger partial charge in [0.05, 0.1) is 29.1 Å². The highest BCUT2D eigenvalue weighted by molar-refractivity contribution is 7.92. The third-order valence-corrected chi connectivity index (χ3v) is 4.71. The van der Waals surface area contributed by atoms with Gasteiger partial charge in [0.25, 0.3) is 0 Å². The fourth-order valence-electron chi connectivity index (χ4n) is 2.92. The van der Waals surface area contributed by atoms with E-state index in [4.69, 9.17) is 5.26 Å². The van der Waals surface area contributed by atoms with Crippen LogP contribution in [0.5, 0.6) is 0 Å². The molecule has 0 spiro atoms. The van der Waals surface area contributed by atoms with Crippen molar-refractivity contribution in [2.75, 3.05) is 11.0 Å². The highest BCUT2D eigenvalue weighted by Gasteiger charge is 2.15. The van der Waals surface area contributed by atoms with Crippen molar-refractivity contribution in [3.63, 3.8) is 0 Å². The zero-order valence-corrected chi connectivity index (χ0v) is 14.5. The van der Waals surface area contributed by atoms with Crippen molar-refractivity contribution in [1.82, 2.24) is 4.57 Å². The maximum absolute atomic E-state index is 11.4. The minimum absolute atomic E-state index is 0.539. The molecule has 0 amide bonds. The molecule has 1 heterocycles. The maximum atomic E-state index is 11.4. The monoisotopic (exact) mass is 339 g/mol. The maximum Gasteiger partial charge on any atom is 0.229 e. The van der Waals surface area contributed by atoms with Crippen molar-refractivity contribution in [2.45, 2.75) is 6.92 Å². The number of aryl methyl sites for hydroxylation is 1. The summed E-state index contributed by atoms with van der Waals surface area (Å²) in [6.07, 6.45) is 1.13. The Kier molecular flexibility index (Phi) is 3.82. The molecule has 2 aromatic carbocycles. The lowest BCUT2D eigenvalue weighted by atomic mass is 10.0. The molecule has 0 radical (unpaired) electrons. The summed E-state index contributed by atoms with van der Waals surface area (Å²) in [6, 6.07) is 15.1. The van der Waals surface area contributed by atoms with Gasteiger partial charge in [0.15, 0.2) is 0 Å². The van der Waals surface area contributed by atoms with Gasteiger partial charge in [-0.3, -0.25) is 4.72 Å². The Bertz CT molecular complexity index is 1070. The second-order valence-corrected chi connectivity index (χ2v) is 7.56. The van der Waals surface area contributed by atoms with Crippen LogP contribution in [0.25, 0.3) is 22.0 Å². The van der Waals surface area contributed by atoms with E-state index in [0.29, 0.717) is 11.3 Å². The number of aromatic nitrogens is 1. The Morgan fingerprint density at radius 3 is 2.38 bits per heavy atom. The number of nitriles is 1. The quantitative estimate of drug-likeness (QED) is 0.795. The average molecular weight is 339 g/mol. The Morgan fingerprint density at radius 1 is 1.12 bits per heavy atom. The van der Waals surface area contributed by atoms with E-state index in [1.165, 1.54) is 0 Å². The second kappa shape index (κ2) is 5.69. The van der Waals surface area contributed by atoms with Gasteiger partial charge in [-0.1, -0.05) is 18.2 Å². The Morgan fingerprint density at radius 2 is 1.79 bits per heavy atom. The van der Waals surface area contributed by atoms with Gasteiger partial charge in [-0.05, 0) is 36.8 Å². The molecule has 122 valence electrons. The van der Waals surface area contributed by atoms with E-state index in [9.17, 15) is 8.42 Å². The van der Waals surface area contributed by atoms with Crippen LogP contribution < -0.4 is 4.72 Å². The molecular weight excluding hydrogens is 322 g/mol. The summed E-state index contributed by atoms with van der Waals surface area (Å²) in [5, 5.41) is 9.98. The summed E-state index contributed by atoms with van der Waals surface area (Å²) in [7, 11) is -1.36. The Hall–Kier alpha value is -2.78. The van der Waals surface area contributed by atoms with E-state index >= 15 is 0 Å². The van der Waals surface area contributed by atoms with E-state index in [1.54, 1.807) is 18.2 Å². The van der Waals surface area contributed by atoms with Crippen molar-refractivity contribution in [2.24, 2.45) is 7.05 Å². The van der Waals surface area contributed by atoms with Gasteiger partial charge in [0, 0.05) is 23.7 Å². The minimum atomic E-state index is -3.31. The summed E-state index contributed by atoms with van der Waals surface area (Å²) in [4.78, 5) is 0. The number of sulfonamides is 1. The Labute approximate surface area is 141 Å². The number of hydrogen-bond acceptors (Lipinski definition) is 3. The lowest BCUT2D eigenvalue weighted by molar-refractivity contribution is 0.607. The third-order valence-electron chi connectivity index (χ3n) is 4.10. The van der Waals surface area contributed by atoms with Crippen molar-refractivity contribution in [3.8, 4) is 17.2 Å². The molecule has 5 nitrogen and oxygen atoms in total. The van der Waals surface area contributed by atoms with Crippen LogP contribution in [0.1, 0.15) is 11.3 Å². The van der Waals surface area contributed by atoms with Crippen molar-refractivity contribution < 1.29 is 8.42 Å². The summed E-state index contributed by atoms with van der Waals surface area (Å²) < 4.78 is 27.4. The summed E-state index contributed by atoms with van der Waals surface area (Å²) in [5.74, 6) is 0. The normalized spacial score (nSPS) is 11.4. The van der Waals surface area contributed by atoms with Crippen LogP contribution in [-0.4, -0.2) is 19.2 Å². The van der Waals surface area contributed by atoms with Crippen LogP contribution in [0.4, 0.5) is 5.69 Å². The predicted octanol–water partition coefficient (Wildman–Crippen LogP) is 3.40. The first-order valence-corrected chi connectivity index (χ1v) is 9.26. The zero-order chi connectivity index (χ0) is 17.5. The molecule has 24 heavy (non-hydrogen) atoms. The van der Waals surface area contributed by atoms with E-state index in [0.717, 1.165) is 34.0 Å². The van der Waals surface area contributed by atoms with Gasteiger partial charge in [-0.25, -0.2) is 8.42 Å². The van der Waals surface area contributed by atoms with Gasteiger partial charge >= 0.3 is 0 Å². The second-order valence-electron chi connectivity index (χ2n) is 5.81. The smallest absolute Gasteiger partial charge is 0.229 e. The van der Waals surface area contributed by atoms with Crippen molar-refractivity contribution >= 4 is 26.6 Å². The first-order chi connectivity index (χ1) is 11.3. The lowest BCUT2D eigenvalue weighted by Gasteiger charge is -2.05. The van der Waals surface area contributed by atoms with Crippen LogP contribution in [0.2, 0.25) is 0 Å². The molecule has 3 aromatic rings. The number of fused-ring (bicyclic) bond motifs is 1. The van der Waals surface area contributed by atoms with Gasteiger partial charge in [0.2, 0.25) is 10.0 Å². The van der Waals surface area contributed by atoms with E-state index < -0.39 is 10.0 Å². The standard InChI is InChI=1S/C18H17N3O2S/c1-12-18(14-6-4-13(11-19)5-7-14)16-9-8-15(20-24(3,22)23)10-17(16)21(12)2/h4-10,20H,1-3H3. The molecular formula is C18H17N3O2S. The number of rotatable bonds is 3. The van der Waals surface area contributed by atoms with Crippen LogP contribution in [-0.2, 0) is 17.1 Å². The van der Waals surface area contributed by atoms with Gasteiger partial charge in [0.1, 0.15) is 0 Å². The minimum Gasteiger partial charge on any atom is -0.347 e. The molecule has 0 bridgehead atoms. The number of anilines is 1. The molecule has 0 saturated heterocycles. The molecule has 0 saturated carbocycles. The molecule has 1 aromatic heterocycles. The predicted molar refractivity (Wildman–Crippen MR) is 96.3 cm³/mol. The summed E-state index contributed by atoms with van der Waals surface area (Å²) in [5.41, 5.74) is 5.30. The number of nitrogens with one attached hydrogen (secondary N) is 1. The van der Waals surface area contributed by atoms with Gasteiger partial charge in [-0.15, -0.1) is 0 Å². The van der Waals surface area contributed by atoms with E-state index in [-0.39, 0.29) is 0 Å². The summed E-state index contributed by atoms with van der Waals surface area (Å²) in [6.45, 7) is 2.03. The van der Waals surface area contributed by atoms with Crippen LogP contribution in [0.15, 0.2) is 42.5 Å².